The third-order valence-corrected chi connectivity index (χ3v) is 13.1. The Hall–Kier alpha value is -1.07. The summed E-state index contributed by atoms with van der Waals surface area (Å²) >= 11 is 0.788. The van der Waals surface area contributed by atoms with Crippen LogP contribution in [0.1, 0.15) is 82.8 Å². The van der Waals surface area contributed by atoms with E-state index in [1.54, 1.807) is 0 Å². The Morgan fingerprint density at radius 3 is 2.20 bits per heavy atom. The fourth-order valence-corrected chi connectivity index (χ4v) is 9.38. The molecule has 4 rings (SSSR count). The van der Waals surface area contributed by atoms with Gasteiger partial charge in [0.2, 0.25) is 0 Å². The third-order valence-electron chi connectivity index (χ3n) is 10.8. The average molecular weight is 756 g/mol. The van der Waals surface area contributed by atoms with Crippen LogP contribution in [0.25, 0.3) is 0 Å². The number of aryl methyl sites for hydroxylation is 1. The molecule has 5 nitrogen and oxygen atoms in total. The van der Waals surface area contributed by atoms with Gasteiger partial charge in [0.05, 0.1) is 23.8 Å². The van der Waals surface area contributed by atoms with Crippen LogP contribution in [0.3, 0.4) is 0 Å². The van der Waals surface area contributed by atoms with E-state index in [0.29, 0.717) is 30.8 Å². The Morgan fingerprint density at radius 2 is 1.57 bits per heavy atom. The van der Waals surface area contributed by atoms with E-state index in [9.17, 15) is 39.5 Å². The van der Waals surface area contributed by atoms with Crippen molar-refractivity contribution in [1.82, 2.24) is 4.90 Å². The lowest BCUT2D eigenvalue weighted by molar-refractivity contribution is -0.457. The van der Waals surface area contributed by atoms with Gasteiger partial charge < -0.3 is 23.7 Å². The summed E-state index contributed by atoms with van der Waals surface area (Å²) in [6.45, 7) is 6.77. The fourth-order valence-electron chi connectivity index (χ4n) is 8.15. The van der Waals surface area contributed by atoms with E-state index in [-0.39, 0.29) is 22.9 Å². The molecule has 0 amide bonds. The van der Waals surface area contributed by atoms with Crippen LogP contribution in [0.2, 0.25) is 0 Å². The van der Waals surface area contributed by atoms with Gasteiger partial charge in [-0.15, -0.1) is 0 Å². The van der Waals surface area contributed by atoms with Crippen LogP contribution in [0.5, 0.6) is 5.75 Å². The quantitative estimate of drug-likeness (QED) is 0.0828. The van der Waals surface area contributed by atoms with Crippen molar-refractivity contribution in [1.29, 1.82) is 0 Å². The number of likely N-dealkylation sites (N-methyl/N-ethyl adjacent to an activating group) is 1. The van der Waals surface area contributed by atoms with Gasteiger partial charge >= 0.3 is 24.1 Å². The van der Waals surface area contributed by atoms with Crippen molar-refractivity contribution in [3.8, 4) is 5.75 Å². The highest BCUT2D eigenvalue weighted by atomic mass is 33.1. The van der Waals surface area contributed by atoms with E-state index >= 15 is 0 Å². The molecule has 0 radical (unpaired) electrons. The van der Waals surface area contributed by atoms with E-state index in [2.05, 4.69) is 42.5 Å². The zero-order chi connectivity index (χ0) is 36.5. The number of benzene rings is 1. The molecule has 0 spiro atoms. The monoisotopic (exact) mass is 755 g/mol. The van der Waals surface area contributed by atoms with Crippen molar-refractivity contribution in [2.24, 2.45) is 17.3 Å². The Labute approximate surface area is 290 Å². The van der Waals surface area contributed by atoms with Crippen LogP contribution >= 0.6 is 21.9 Å². The van der Waals surface area contributed by atoms with Gasteiger partial charge in [-0.25, -0.2) is 0 Å². The molecule has 0 heterocycles. The summed E-state index contributed by atoms with van der Waals surface area (Å²) in [4.78, 5) is 2.21. The number of hydrogen-bond donors (Lipinski definition) is 1. The number of nitrogens with zero attached hydrogens (tertiary/aromatic N) is 1. The highest BCUT2D eigenvalue weighted by Gasteiger charge is 2.85. The summed E-state index contributed by atoms with van der Waals surface area (Å²) in [5, 5.41) is 0. The van der Waals surface area contributed by atoms with E-state index < -0.39 is 37.2 Å². The highest BCUT2D eigenvalue weighted by molar-refractivity contribution is 8.75. The topological polar surface area (TPSA) is 51.2 Å². The first-order chi connectivity index (χ1) is 22.7. The maximum absolute atomic E-state index is 13.1. The molecule has 49 heavy (non-hydrogen) atoms. The lowest BCUT2D eigenvalue weighted by Gasteiger charge is -2.50. The molecule has 0 bridgehead atoms. The van der Waals surface area contributed by atoms with Crippen LogP contribution in [0.4, 0.5) is 39.5 Å². The Bertz CT molecular complexity index is 1210. The van der Waals surface area contributed by atoms with E-state index in [1.165, 1.54) is 21.9 Å². The molecule has 0 unspecified atom stereocenters. The Kier molecular flexibility index (Phi) is 12.9. The molecule has 1 N–H and O–H groups in total. The second-order valence-corrected chi connectivity index (χ2v) is 16.8. The van der Waals surface area contributed by atoms with Gasteiger partial charge in [0.25, 0.3) is 0 Å². The smallest absolute Gasteiger partial charge is 0.435 e. The number of halogens is 9. The molecule has 282 valence electrons. The van der Waals surface area contributed by atoms with Crippen molar-refractivity contribution >= 4 is 21.9 Å². The fraction of sp³-hybridized carbons (Fsp3) is 0.818. The Balaban J connectivity index is 1.28. The number of hydrogen-bond acceptors (Lipinski definition) is 7. The van der Waals surface area contributed by atoms with Crippen LogP contribution in [-0.2, 0) is 15.9 Å². The highest BCUT2D eigenvalue weighted by Crippen LogP contribution is 2.62. The van der Waals surface area contributed by atoms with Gasteiger partial charge in [0.1, 0.15) is 12.4 Å². The van der Waals surface area contributed by atoms with Crippen LogP contribution in [0, 0.1) is 17.3 Å². The van der Waals surface area contributed by atoms with Crippen LogP contribution in [-0.4, -0.2) is 84.4 Å². The maximum Gasteiger partial charge on any atom is 0.435 e. The molecule has 0 aromatic heterocycles. The van der Waals surface area contributed by atoms with Gasteiger partial charge in [0, 0.05) is 17.9 Å². The van der Waals surface area contributed by atoms with Gasteiger partial charge in [-0.05, 0) is 125 Å². The summed E-state index contributed by atoms with van der Waals surface area (Å²) in [6.07, 6.45) is -15.1. The molecule has 3 aliphatic carbocycles. The minimum absolute atomic E-state index is 0.0365. The maximum atomic E-state index is 13.1. The molecule has 0 aliphatic heterocycles. The summed E-state index contributed by atoms with van der Waals surface area (Å²) in [5.74, 6) is 1.88. The molecule has 2 fully saturated rings. The van der Waals surface area contributed by atoms with Gasteiger partial charge in [-0.1, -0.05) is 23.8 Å². The largest absolute Gasteiger partial charge is 0.492 e. The zero-order valence-electron chi connectivity index (χ0n) is 28.1. The first-order valence-corrected chi connectivity index (χ1v) is 18.7. The standard InChI is InChI=1S/C33H46F9NO4S2/c1-28(2,48-49-44)14-15-43(4)16-19-45-22-7-9-23-21(20-22)6-8-25-24(23)12-13-29(3)26(25)10-11-27(29)46-17-5-18-47-30(31(34,35)36,32(37,38)39)33(40,41)42/h7,9,20,24-27,44H,5-6,8,10-19H2,1-4H3/t24-,25-,26+,27+,29+/m1/s1. The number of ether oxygens (including phenoxy) is 3. The first kappa shape index (κ1) is 40.7. The molecule has 3 aliphatic rings. The minimum Gasteiger partial charge on any atom is -0.492 e. The van der Waals surface area contributed by atoms with E-state index in [0.717, 1.165) is 68.4 Å². The Morgan fingerprint density at radius 1 is 0.898 bits per heavy atom. The molecule has 0 saturated heterocycles. The van der Waals surface area contributed by atoms with Crippen molar-refractivity contribution < 1.29 is 58.3 Å². The van der Waals surface area contributed by atoms with Crippen molar-refractivity contribution in [3.05, 3.63) is 29.3 Å². The van der Waals surface area contributed by atoms with Crippen molar-refractivity contribution in [3.63, 3.8) is 0 Å². The van der Waals surface area contributed by atoms with Crippen molar-refractivity contribution in [2.45, 2.75) is 113 Å². The van der Waals surface area contributed by atoms with E-state index in [1.807, 2.05) is 13.1 Å². The van der Waals surface area contributed by atoms with Crippen LogP contribution < -0.4 is 4.74 Å². The average Bonchev–Trinajstić information content (AvgIpc) is 3.31. The normalized spacial score (nSPS) is 26.4. The molecule has 1 aromatic rings. The van der Waals surface area contributed by atoms with Crippen LogP contribution in [0.15, 0.2) is 18.2 Å². The predicted molar refractivity (Wildman–Crippen MR) is 172 cm³/mol. The molecular weight excluding hydrogens is 709 g/mol. The summed E-state index contributed by atoms with van der Waals surface area (Å²) in [7, 11) is 3.49. The van der Waals surface area contributed by atoms with E-state index in [4.69, 9.17) is 14.0 Å². The molecule has 2 saturated carbocycles. The second-order valence-electron chi connectivity index (χ2n) is 14.5. The molecule has 5 atom stereocenters. The van der Waals surface area contributed by atoms with Gasteiger partial charge in [-0.2, -0.15) is 39.5 Å². The van der Waals surface area contributed by atoms with Gasteiger partial charge in [0.15, 0.2) is 0 Å². The molecule has 16 heteroatoms. The SMILES string of the molecule is CN(CCOc1ccc2c(c1)CC[C@@H]1[C@@H]2CC[C@]2(C)[C@@H](OCCCOC(C(F)(F)F)(C(F)(F)F)C(F)(F)F)CC[C@@H]12)CCC(C)(C)SSO. The van der Waals surface area contributed by atoms with Crippen molar-refractivity contribution in [2.75, 3.05) is 40.0 Å². The zero-order valence-corrected chi connectivity index (χ0v) is 29.7. The summed E-state index contributed by atoms with van der Waals surface area (Å²) in [5.41, 5.74) is -3.93. The summed E-state index contributed by atoms with van der Waals surface area (Å²) in [6, 6.07) is 6.30. The second kappa shape index (κ2) is 15.5. The molecule has 1 aromatic carbocycles. The number of fused-ring (bicyclic) bond motifs is 5. The lowest BCUT2D eigenvalue weighted by atomic mass is 9.55. The first-order valence-electron chi connectivity index (χ1n) is 16.6. The lowest BCUT2D eigenvalue weighted by Crippen LogP contribution is -2.67. The number of rotatable bonds is 15. The third kappa shape index (κ3) is 8.77. The predicted octanol–water partition coefficient (Wildman–Crippen LogP) is 10.1. The number of alkyl halides is 9. The van der Waals surface area contributed by atoms with Gasteiger partial charge in [-0.3, -0.25) is 0 Å². The molecular formula is C33H46F9NO4S2. The summed E-state index contributed by atoms with van der Waals surface area (Å²) < 4.78 is 143. The minimum atomic E-state index is -6.74.